The zero-order valence-corrected chi connectivity index (χ0v) is 18.7. The lowest BCUT2D eigenvalue weighted by Crippen LogP contribution is -2.39. The standard InChI is InChI=1S/C25H28ClFO4/c1-14(2)19-12-20(16-5-7-17(26)8-6-16)24(15(3)4)31-25(19)21-11-18(27)9-10-22(21)30-13-23(28)29/h5-11,15,19-20,24-25H,1,12-13H2,2-4H3,(H,28,29)/t19-,20-,24+,25+/m0/s1. The highest BCUT2D eigenvalue weighted by Gasteiger charge is 2.42. The van der Waals surface area contributed by atoms with E-state index in [-0.39, 0.29) is 23.9 Å². The van der Waals surface area contributed by atoms with Crippen molar-refractivity contribution in [2.45, 2.75) is 45.3 Å². The van der Waals surface area contributed by atoms with Crippen molar-refractivity contribution in [1.82, 2.24) is 0 Å². The van der Waals surface area contributed by atoms with Crippen LogP contribution >= 0.6 is 11.6 Å². The Bertz CT molecular complexity index is 941. The number of carboxylic acid groups (broad SMARTS) is 1. The largest absolute Gasteiger partial charge is 0.482 e. The highest BCUT2D eigenvalue weighted by molar-refractivity contribution is 6.30. The number of hydrogen-bond acceptors (Lipinski definition) is 3. The van der Waals surface area contributed by atoms with Crippen molar-refractivity contribution in [3.05, 3.63) is 76.6 Å². The van der Waals surface area contributed by atoms with Crippen molar-refractivity contribution in [3.63, 3.8) is 0 Å². The van der Waals surface area contributed by atoms with E-state index in [1.54, 1.807) is 0 Å². The summed E-state index contributed by atoms with van der Waals surface area (Å²) in [4.78, 5) is 11.0. The molecule has 1 heterocycles. The Kier molecular flexibility index (Phi) is 7.39. The summed E-state index contributed by atoms with van der Waals surface area (Å²) in [6.45, 7) is 9.78. The lowest BCUT2D eigenvalue weighted by Gasteiger charge is -2.44. The quantitative estimate of drug-likeness (QED) is 0.499. The van der Waals surface area contributed by atoms with Gasteiger partial charge in [0.1, 0.15) is 11.6 Å². The van der Waals surface area contributed by atoms with Gasteiger partial charge in [-0.2, -0.15) is 0 Å². The first-order valence-corrected chi connectivity index (χ1v) is 10.8. The highest BCUT2D eigenvalue weighted by Crippen LogP contribution is 2.49. The van der Waals surface area contributed by atoms with E-state index < -0.39 is 24.5 Å². The van der Waals surface area contributed by atoms with E-state index in [9.17, 15) is 9.18 Å². The molecule has 1 N–H and O–H groups in total. The molecule has 0 spiro atoms. The minimum atomic E-state index is -1.10. The summed E-state index contributed by atoms with van der Waals surface area (Å²) in [5, 5.41) is 9.69. The molecule has 1 fully saturated rings. The third kappa shape index (κ3) is 5.46. The maximum Gasteiger partial charge on any atom is 0.341 e. The fourth-order valence-corrected chi connectivity index (χ4v) is 4.44. The van der Waals surface area contributed by atoms with Crippen molar-refractivity contribution in [2.75, 3.05) is 6.61 Å². The molecule has 0 radical (unpaired) electrons. The SMILES string of the molecule is C=C(C)[C@@H]1C[C@@H](c2ccc(Cl)cc2)[C@@H](C(C)C)O[C@H]1c1cc(F)ccc1OCC(=O)O. The molecule has 0 aliphatic carbocycles. The first-order valence-electron chi connectivity index (χ1n) is 10.4. The normalized spacial score (nSPS) is 23.5. The van der Waals surface area contributed by atoms with Crippen molar-refractivity contribution < 1.29 is 23.8 Å². The molecule has 6 heteroatoms. The number of ether oxygens (including phenoxy) is 2. The molecule has 0 aromatic heterocycles. The Hall–Kier alpha value is -2.37. The Balaban J connectivity index is 2.01. The molecule has 4 nitrogen and oxygen atoms in total. The maximum atomic E-state index is 14.2. The number of carboxylic acids is 1. The van der Waals surface area contributed by atoms with Gasteiger partial charge < -0.3 is 14.6 Å². The van der Waals surface area contributed by atoms with Gasteiger partial charge in [-0.1, -0.05) is 49.7 Å². The number of benzene rings is 2. The molecule has 3 rings (SSSR count). The first kappa shape index (κ1) is 23.3. The van der Waals surface area contributed by atoms with Crippen LogP contribution in [0.15, 0.2) is 54.6 Å². The molecule has 0 bridgehead atoms. The molecule has 0 unspecified atom stereocenters. The Morgan fingerprint density at radius 2 is 1.97 bits per heavy atom. The fraction of sp³-hybridized carbons (Fsp3) is 0.400. The average Bonchev–Trinajstić information content (AvgIpc) is 2.72. The van der Waals surface area contributed by atoms with Gasteiger partial charge in [-0.05, 0) is 55.2 Å². The Morgan fingerprint density at radius 3 is 2.55 bits per heavy atom. The molecule has 1 saturated heterocycles. The first-order chi connectivity index (χ1) is 14.7. The van der Waals surface area contributed by atoms with Gasteiger partial charge in [0.05, 0.1) is 12.2 Å². The van der Waals surface area contributed by atoms with Gasteiger partial charge in [0, 0.05) is 22.4 Å². The average molecular weight is 447 g/mol. The van der Waals surface area contributed by atoms with Crippen LogP contribution in [0.2, 0.25) is 5.02 Å². The summed E-state index contributed by atoms with van der Waals surface area (Å²) in [7, 11) is 0. The molecule has 1 aliphatic heterocycles. The van der Waals surface area contributed by atoms with Crippen molar-refractivity contribution in [1.29, 1.82) is 0 Å². The van der Waals surface area contributed by atoms with Crippen LogP contribution in [0, 0.1) is 17.7 Å². The van der Waals surface area contributed by atoms with Crippen molar-refractivity contribution in [3.8, 4) is 5.75 Å². The van der Waals surface area contributed by atoms with Gasteiger partial charge in [0.2, 0.25) is 0 Å². The lowest BCUT2D eigenvalue weighted by molar-refractivity contribution is -0.139. The second kappa shape index (κ2) is 9.84. The number of rotatable bonds is 7. The van der Waals surface area contributed by atoms with E-state index in [1.165, 1.54) is 18.2 Å². The molecule has 0 amide bonds. The number of halogens is 2. The lowest BCUT2D eigenvalue weighted by atomic mass is 9.73. The van der Waals surface area contributed by atoms with Crippen LogP contribution in [0.3, 0.4) is 0 Å². The van der Waals surface area contributed by atoms with Crippen LogP contribution in [0.25, 0.3) is 0 Å². The summed E-state index contributed by atoms with van der Waals surface area (Å²) < 4.78 is 26.3. The van der Waals surface area contributed by atoms with E-state index >= 15 is 0 Å². The van der Waals surface area contributed by atoms with Gasteiger partial charge in [-0.25, -0.2) is 9.18 Å². The molecule has 166 valence electrons. The summed E-state index contributed by atoms with van der Waals surface area (Å²) in [5.74, 6) is -0.989. The number of carbonyl (C=O) groups is 1. The molecule has 0 saturated carbocycles. The summed E-state index contributed by atoms with van der Waals surface area (Å²) in [6.07, 6.45) is 0.143. The predicted molar refractivity (Wildman–Crippen MR) is 119 cm³/mol. The van der Waals surface area contributed by atoms with Gasteiger partial charge in [0.25, 0.3) is 0 Å². The molecule has 2 aromatic carbocycles. The van der Waals surface area contributed by atoms with E-state index in [2.05, 4.69) is 20.4 Å². The zero-order valence-electron chi connectivity index (χ0n) is 18.0. The van der Waals surface area contributed by atoms with Crippen LogP contribution < -0.4 is 4.74 Å². The third-order valence-corrected chi connectivity index (χ3v) is 6.04. The van der Waals surface area contributed by atoms with E-state index in [1.807, 2.05) is 31.2 Å². The molecule has 31 heavy (non-hydrogen) atoms. The van der Waals surface area contributed by atoms with Gasteiger partial charge >= 0.3 is 5.97 Å². The van der Waals surface area contributed by atoms with Crippen LogP contribution in [0.1, 0.15) is 50.3 Å². The summed E-state index contributed by atoms with van der Waals surface area (Å²) >= 11 is 6.08. The van der Waals surface area contributed by atoms with Gasteiger partial charge in [-0.15, -0.1) is 0 Å². The van der Waals surface area contributed by atoms with Crippen LogP contribution in [0.5, 0.6) is 5.75 Å². The molecular weight excluding hydrogens is 419 g/mol. The van der Waals surface area contributed by atoms with E-state index in [4.69, 9.17) is 26.2 Å². The Labute approximate surface area is 187 Å². The summed E-state index contributed by atoms with van der Waals surface area (Å²) in [5.41, 5.74) is 2.56. The van der Waals surface area contributed by atoms with E-state index in [0.717, 1.165) is 17.6 Å². The zero-order chi connectivity index (χ0) is 22.7. The smallest absolute Gasteiger partial charge is 0.341 e. The molecule has 2 aromatic rings. The minimum Gasteiger partial charge on any atom is -0.482 e. The maximum absolute atomic E-state index is 14.2. The van der Waals surface area contributed by atoms with Crippen molar-refractivity contribution >= 4 is 17.6 Å². The second-order valence-corrected chi connectivity index (χ2v) is 8.91. The number of hydrogen-bond donors (Lipinski definition) is 1. The van der Waals surface area contributed by atoms with Crippen LogP contribution in [-0.2, 0) is 9.53 Å². The highest BCUT2D eigenvalue weighted by atomic mass is 35.5. The third-order valence-electron chi connectivity index (χ3n) is 5.79. The minimum absolute atomic E-state index is 0.0929. The predicted octanol–water partition coefficient (Wildman–Crippen LogP) is 6.40. The van der Waals surface area contributed by atoms with Gasteiger partial charge in [-0.3, -0.25) is 0 Å². The van der Waals surface area contributed by atoms with E-state index in [0.29, 0.717) is 16.3 Å². The number of aliphatic carboxylic acids is 1. The fourth-order valence-electron chi connectivity index (χ4n) is 4.31. The van der Waals surface area contributed by atoms with Crippen LogP contribution in [-0.4, -0.2) is 23.8 Å². The molecule has 4 atom stereocenters. The summed E-state index contributed by atoms with van der Waals surface area (Å²) in [6, 6.07) is 11.9. The topological polar surface area (TPSA) is 55.8 Å². The van der Waals surface area contributed by atoms with Gasteiger partial charge in [0.15, 0.2) is 6.61 Å². The van der Waals surface area contributed by atoms with Crippen LogP contribution in [0.4, 0.5) is 4.39 Å². The second-order valence-electron chi connectivity index (χ2n) is 8.48. The molecule has 1 aliphatic rings. The molecular formula is C25H28ClFO4. The van der Waals surface area contributed by atoms with Crippen molar-refractivity contribution in [2.24, 2.45) is 11.8 Å². The monoisotopic (exact) mass is 446 g/mol. The Morgan fingerprint density at radius 1 is 1.29 bits per heavy atom.